The number of anilines is 1. The first kappa shape index (κ1) is 10.2. The van der Waals surface area contributed by atoms with Crippen molar-refractivity contribution in [3.63, 3.8) is 0 Å². The standard InChI is InChI=1S/C11H11BrN2O/c1-6-3-4-8(9(12)5-6)10-7(2)11(13)15-14-10/h3-5H,13H2,1-2H3. The molecule has 0 aliphatic heterocycles. The molecule has 1 aromatic carbocycles. The van der Waals surface area contributed by atoms with Crippen molar-refractivity contribution in [1.82, 2.24) is 5.16 Å². The Kier molecular flexibility index (Phi) is 2.52. The summed E-state index contributed by atoms with van der Waals surface area (Å²) in [5, 5.41) is 3.95. The van der Waals surface area contributed by atoms with Gasteiger partial charge in [0.05, 0.1) is 0 Å². The molecule has 0 bridgehead atoms. The molecule has 0 atom stereocenters. The van der Waals surface area contributed by atoms with E-state index < -0.39 is 0 Å². The molecule has 0 radical (unpaired) electrons. The van der Waals surface area contributed by atoms with Crippen molar-refractivity contribution < 1.29 is 4.52 Å². The SMILES string of the molecule is Cc1ccc(-c2noc(N)c2C)c(Br)c1. The Morgan fingerprint density at radius 1 is 1.33 bits per heavy atom. The monoisotopic (exact) mass is 266 g/mol. The van der Waals surface area contributed by atoms with Gasteiger partial charge in [-0.2, -0.15) is 0 Å². The zero-order chi connectivity index (χ0) is 11.0. The van der Waals surface area contributed by atoms with Gasteiger partial charge in [-0.1, -0.05) is 33.2 Å². The largest absolute Gasteiger partial charge is 0.367 e. The molecule has 0 aliphatic carbocycles. The van der Waals surface area contributed by atoms with Crippen LogP contribution in [0.15, 0.2) is 27.2 Å². The average molecular weight is 267 g/mol. The van der Waals surface area contributed by atoms with Gasteiger partial charge < -0.3 is 10.3 Å². The third kappa shape index (κ3) is 1.77. The predicted molar refractivity (Wildman–Crippen MR) is 63.5 cm³/mol. The number of nitrogen functional groups attached to an aromatic ring is 1. The minimum absolute atomic E-state index is 0.373. The van der Waals surface area contributed by atoms with Crippen LogP contribution in [0, 0.1) is 13.8 Å². The number of aryl methyl sites for hydroxylation is 1. The van der Waals surface area contributed by atoms with Gasteiger partial charge in [0.2, 0.25) is 5.88 Å². The number of aromatic nitrogens is 1. The Hall–Kier alpha value is -1.29. The molecule has 0 amide bonds. The van der Waals surface area contributed by atoms with Crippen molar-refractivity contribution >= 4 is 21.8 Å². The number of halogens is 1. The highest BCUT2D eigenvalue weighted by Crippen LogP contribution is 2.32. The lowest BCUT2D eigenvalue weighted by atomic mass is 10.1. The molecule has 3 nitrogen and oxygen atoms in total. The number of nitrogens with zero attached hydrogens (tertiary/aromatic N) is 1. The molecule has 2 N–H and O–H groups in total. The van der Waals surface area contributed by atoms with Crippen LogP contribution < -0.4 is 5.73 Å². The minimum atomic E-state index is 0.373. The van der Waals surface area contributed by atoms with Gasteiger partial charge in [0.1, 0.15) is 5.69 Å². The number of rotatable bonds is 1. The summed E-state index contributed by atoms with van der Waals surface area (Å²) in [5.74, 6) is 0.373. The molecule has 78 valence electrons. The lowest BCUT2D eigenvalue weighted by molar-refractivity contribution is 0.439. The summed E-state index contributed by atoms with van der Waals surface area (Å²) in [6.07, 6.45) is 0. The first-order chi connectivity index (χ1) is 7.09. The van der Waals surface area contributed by atoms with E-state index in [-0.39, 0.29) is 0 Å². The summed E-state index contributed by atoms with van der Waals surface area (Å²) >= 11 is 3.50. The maximum absolute atomic E-state index is 5.61. The van der Waals surface area contributed by atoms with Crippen LogP contribution in [0.1, 0.15) is 11.1 Å². The summed E-state index contributed by atoms with van der Waals surface area (Å²) in [7, 11) is 0. The fourth-order valence-corrected chi connectivity index (χ4v) is 2.09. The Morgan fingerprint density at radius 3 is 2.60 bits per heavy atom. The molecule has 0 aliphatic rings. The summed E-state index contributed by atoms with van der Waals surface area (Å²) in [6, 6.07) is 6.08. The van der Waals surface area contributed by atoms with E-state index in [1.165, 1.54) is 5.56 Å². The molecular weight excluding hydrogens is 256 g/mol. The molecule has 0 saturated carbocycles. The van der Waals surface area contributed by atoms with Crippen LogP contribution in [-0.4, -0.2) is 5.16 Å². The molecule has 2 rings (SSSR count). The van der Waals surface area contributed by atoms with Gasteiger partial charge >= 0.3 is 0 Å². The van der Waals surface area contributed by atoms with Gasteiger partial charge in [0, 0.05) is 15.6 Å². The van der Waals surface area contributed by atoms with Gasteiger partial charge in [0.25, 0.3) is 0 Å². The number of hydrogen-bond donors (Lipinski definition) is 1. The third-order valence-corrected chi connectivity index (χ3v) is 3.00. The van der Waals surface area contributed by atoms with Crippen LogP contribution in [0.3, 0.4) is 0 Å². The molecule has 0 fully saturated rings. The van der Waals surface area contributed by atoms with E-state index in [4.69, 9.17) is 10.3 Å². The average Bonchev–Trinajstić information content (AvgIpc) is 2.49. The Bertz CT molecular complexity index is 505. The zero-order valence-electron chi connectivity index (χ0n) is 8.54. The van der Waals surface area contributed by atoms with Crippen LogP contribution in [0.5, 0.6) is 0 Å². The van der Waals surface area contributed by atoms with E-state index in [1.54, 1.807) is 0 Å². The van der Waals surface area contributed by atoms with Crippen LogP contribution in [0.4, 0.5) is 5.88 Å². The summed E-state index contributed by atoms with van der Waals surface area (Å²) < 4.78 is 5.94. The Labute approximate surface area is 96.4 Å². The highest BCUT2D eigenvalue weighted by molar-refractivity contribution is 9.10. The van der Waals surface area contributed by atoms with E-state index in [0.29, 0.717) is 5.88 Å². The van der Waals surface area contributed by atoms with E-state index >= 15 is 0 Å². The third-order valence-electron chi connectivity index (χ3n) is 2.34. The van der Waals surface area contributed by atoms with Crippen LogP contribution in [0.25, 0.3) is 11.3 Å². The predicted octanol–water partition coefficient (Wildman–Crippen LogP) is 3.30. The van der Waals surface area contributed by atoms with Gasteiger partial charge in [-0.3, -0.25) is 0 Å². The lowest BCUT2D eigenvalue weighted by Gasteiger charge is -2.02. The van der Waals surface area contributed by atoms with Crippen LogP contribution in [0.2, 0.25) is 0 Å². The number of benzene rings is 1. The molecule has 2 aromatic rings. The Balaban J connectivity index is 2.59. The van der Waals surface area contributed by atoms with Crippen molar-refractivity contribution in [3.05, 3.63) is 33.8 Å². The maximum atomic E-state index is 5.61. The Morgan fingerprint density at radius 2 is 2.07 bits per heavy atom. The fraction of sp³-hybridized carbons (Fsp3) is 0.182. The number of hydrogen-bond acceptors (Lipinski definition) is 3. The van der Waals surface area contributed by atoms with Gasteiger partial charge in [0.15, 0.2) is 0 Å². The topological polar surface area (TPSA) is 52.0 Å². The molecular formula is C11H11BrN2O. The lowest BCUT2D eigenvalue weighted by Crippen LogP contribution is -1.86. The zero-order valence-corrected chi connectivity index (χ0v) is 10.1. The molecule has 0 spiro atoms. The van der Waals surface area contributed by atoms with Crippen molar-refractivity contribution in [2.45, 2.75) is 13.8 Å². The molecule has 0 saturated heterocycles. The first-order valence-electron chi connectivity index (χ1n) is 4.58. The van der Waals surface area contributed by atoms with Gasteiger partial charge in [-0.15, -0.1) is 0 Å². The van der Waals surface area contributed by atoms with Crippen molar-refractivity contribution in [2.24, 2.45) is 0 Å². The van der Waals surface area contributed by atoms with E-state index in [2.05, 4.69) is 21.1 Å². The van der Waals surface area contributed by atoms with Crippen LogP contribution >= 0.6 is 15.9 Å². The molecule has 0 unspecified atom stereocenters. The molecule has 4 heteroatoms. The van der Waals surface area contributed by atoms with Crippen molar-refractivity contribution in [1.29, 1.82) is 0 Å². The highest BCUT2D eigenvalue weighted by atomic mass is 79.9. The minimum Gasteiger partial charge on any atom is -0.367 e. The fourth-order valence-electron chi connectivity index (χ4n) is 1.41. The molecule has 1 aromatic heterocycles. The quantitative estimate of drug-likeness (QED) is 0.862. The highest BCUT2D eigenvalue weighted by Gasteiger charge is 2.13. The van der Waals surface area contributed by atoms with Crippen LogP contribution in [-0.2, 0) is 0 Å². The van der Waals surface area contributed by atoms with E-state index in [0.717, 1.165) is 21.3 Å². The number of nitrogens with two attached hydrogens (primary N) is 1. The second kappa shape index (κ2) is 3.70. The van der Waals surface area contributed by atoms with Crippen molar-refractivity contribution in [3.8, 4) is 11.3 Å². The van der Waals surface area contributed by atoms with E-state index in [9.17, 15) is 0 Å². The van der Waals surface area contributed by atoms with Crippen molar-refractivity contribution in [2.75, 3.05) is 5.73 Å². The molecule has 15 heavy (non-hydrogen) atoms. The second-order valence-corrected chi connectivity index (χ2v) is 4.36. The molecule has 1 heterocycles. The summed E-state index contributed by atoms with van der Waals surface area (Å²) in [5.41, 5.74) is 9.47. The van der Waals surface area contributed by atoms with Gasteiger partial charge in [-0.05, 0) is 25.5 Å². The first-order valence-corrected chi connectivity index (χ1v) is 5.37. The summed E-state index contributed by atoms with van der Waals surface area (Å²) in [4.78, 5) is 0. The normalized spacial score (nSPS) is 10.6. The smallest absolute Gasteiger partial charge is 0.225 e. The van der Waals surface area contributed by atoms with E-state index in [1.807, 2.05) is 32.0 Å². The van der Waals surface area contributed by atoms with Gasteiger partial charge in [-0.25, -0.2) is 0 Å². The second-order valence-electron chi connectivity index (χ2n) is 3.50. The summed E-state index contributed by atoms with van der Waals surface area (Å²) in [6.45, 7) is 3.94. The maximum Gasteiger partial charge on any atom is 0.225 e.